The van der Waals surface area contributed by atoms with Gasteiger partial charge in [-0.2, -0.15) is 0 Å². The van der Waals surface area contributed by atoms with Crippen molar-refractivity contribution in [2.75, 3.05) is 11.9 Å². The van der Waals surface area contributed by atoms with E-state index in [0.717, 1.165) is 33.8 Å². The van der Waals surface area contributed by atoms with Crippen LogP contribution in [0.25, 0.3) is 0 Å². The van der Waals surface area contributed by atoms with E-state index in [1.54, 1.807) is 11.3 Å². The first kappa shape index (κ1) is 12.8. The predicted octanol–water partition coefficient (Wildman–Crippen LogP) is 3.21. The average Bonchev–Trinajstić information content (AvgIpc) is 2.74. The number of nitrogens with zero attached hydrogens (tertiary/aromatic N) is 2. The third-order valence-corrected chi connectivity index (χ3v) is 3.61. The number of benzene rings is 1. The SMILES string of the molecule is Cc1ccc(N(C)Cc2csc(C)n2)c(C=O)c1. The number of rotatable bonds is 4. The predicted molar refractivity (Wildman–Crippen MR) is 75.5 cm³/mol. The van der Waals surface area contributed by atoms with E-state index in [1.165, 1.54) is 0 Å². The molecule has 2 rings (SSSR count). The largest absolute Gasteiger partial charge is 0.368 e. The molecule has 0 atom stereocenters. The van der Waals surface area contributed by atoms with E-state index in [1.807, 2.05) is 39.1 Å². The lowest BCUT2D eigenvalue weighted by Gasteiger charge is -2.20. The quantitative estimate of drug-likeness (QED) is 0.791. The molecule has 2 aromatic rings. The number of anilines is 1. The summed E-state index contributed by atoms with van der Waals surface area (Å²) in [4.78, 5) is 17.6. The second kappa shape index (κ2) is 5.31. The Morgan fingerprint density at radius 2 is 2.17 bits per heavy atom. The molecule has 1 aromatic carbocycles. The van der Waals surface area contributed by atoms with Crippen molar-refractivity contribution >= 4 is 23.3 Å². The van der Waals surface area contributed by atoms with Crippen molar-refractivity contribution in [2.24, 2.45) is 0 Å². The van der Waals surface area contributed by atoms with E-state index in [4.69, 9.17) is 0 Å². The highest BCUT2D eigenvalue weighted by molar-refractivity contribution is 7.09. The van der Waals surface area contributed by atoms with Crippen LogP contribution in [0.1, 0.15) is 26.6 Å². The minimum Gasteiger partial charge on any atom is -0.368 e. The topological polar surface area (TPSA) is 33.2 Å². The zero-order valence-electron chi connectivity index (χ0n) is 10.8. The molecule has 0 aliphatic rings. The lowest BCUT2D eigenvalue weighted by atomic mass is 10.1. The molecule has 0 fully saturated rings. The number of aldehydes is 1. The summed E-state index contributed by atoms with van der Waals surface area (Å²) in [6, 6.07) is 5.91. The first-order valence-corrected chi connectivity index (χ1v) is 6.66. The molecular formula is C14H16N2OS. The molecule has 0 spiro atoms. The Labute approximate surface area is 111 Å². The minimum absolute atomic E-state index is 0.717. The second-order valence-electron chi connectivity index (χ2n) is 4.39. The summed E-state index contributed by atoms with van der Waals surface area (Å²) >= 11 is 1.65. The Kier molecular flexibility index (Phi) is 3.77. The Hall–Kier alpha value is -1.68. The molecule has 18 heavy (non-hydrogen) atoms. The summed E-state index contributed by atoms with van der Waals surface area (Å²) in [5.74, 6) is 0. The van der Waals surface area contributed by atoms with Gasteiger partial charge in [0, 0.05) is 23.7 Å². The third-order valence-electron chi connectivity index (χ3n) is 2.79. The van der Waals surface area contributed by atoms with Gasteiger partial charge in [-0.15, -0.1) is 11.3 Å². The maximum absolute atomic E-state index is 11.1. The van der Waals surface area contributed by atoms with Crippen LogP contribution in [0.3, 0.4) is 0 Å². The van der Waals surface area contributed by atoms with Crippen LogP contribution in [0, 0.1) is 13.8 Å². The minimum atomic E-state index is 0.717. The van der Waals surface area contributed by atoms with Gasteiger partial charge in [0.25, 0.3) is 0 Å². The highest BCUT2D eigenvalue weighted by atomic mass is 32.1. The van der Waals surface area contributed by atoms with Gasteiger partial charge >= 0.3 is 0 Å². The molecule has 4 heteroatoms. The van der Waals surface area contributed by atoms with Gasteiger partial charge < -0.3 is 4.90 Å². The lowest BCUT2D eigenvalue weighted by molar-refractivity contribution is 0.112. The van der Waals surface area contributed by atoms with Crippen LogP contribution >= 0.6 is 11.3 Å². The fourth-order valence-electron chi connectivity index (χ4n) is 1.92. The Morgan fingerprint density at radius 3 is 2.78 bits per heavy atom. The molecule has 3 nitrogen and oxygen atoms in total. The summed E-state index contributed by atoms with van der Waals surface area (Å²) < 4.78 is 0. The van der Waals surface area contributed by atoms with E-state index < -0.39 is 0 Å². The fourth-order valence-corrected chi connectivity index (χ4v) is 2.53. The molecule has 1 heterocycles. The van der Waals surface area contributed by atoms with Crippen molar-refractivity contribution in [1.29, 1.82) is 0 Å². The third kappa shape index (κ3) is 2.76. The summed E-state index contributed by atoms with van der Waals surface area (Å²) in [5.41, 5.74) is 3.81. The standard InChI is InChI=1S/C14H16N2OS/c1-10-4-5-14(12(6-10)8-17)16(3)7-13-9-18-11(2)15-13/h4-6,8-9H,7H2,1-3H3. The van der Waals surface area contributed by atoms with Gasteiger partial charge in [-0.05, 0) is 26.0 Å². The van der Waals surface area contributed by atoms with Crippen LogP contribution in [0.5, 0.6) is 0 Å². The molecule has 0 radical (unpaired) electrons. The zero-order valence-corrected chi connectivity index (χ0v) is 11.6. The Bertz CT molecular complexity index is 563. The maximum atomic E-state index is 11.1. The summed E-state index contributed by atoms with van der Waals surface area (Å²) in [5, 5.41) is 3.12. The van der Waals surface area contributed by atoms with E-state index in [9.17, 15) is 4.79 Å². The van der Waals surface area contributed by atoms with Gasteiger partial charge in [0.2, 0.25) is 0 Å². The molecule has 0 bridgehead atoms. The summed E-state index contributed by atoms with van der Waals surface area (Å²) in [6.45, 7) is 4.70. The molecule has 0 amide bonds. The van der Waals surface area contributed by atoms with Crippen LogP contribution in [0.2, 0.25) is 0 Å². The number of aromatic nitrogens is 1. The monoisotopic (exact) mass is 260 g/mol. The van der Waals surface area contributed by atoms with Crippen molar-refractivity contribution < 1.29 is 4.79 Å². The van der Waals surface area contributed by atoms with E-state index in [2.05, 4.69) is 15.3 Å². The van der Waals surface area contributed by atoms with Gasteiger partial charge in [-0.3, -0.25) is 4.79 Å². The van der Waals surface area contributed by atoms with Crippen molar-refractivity contribution in [3.8, 4) is 0 Å². The van der Waals surface area contributed by atoms with Crippen LogP contribution in [-0.2, 0) is 6.54 Å². The molecule has 0 N–H and O–H groups in total. The van der Waals surface area contributed by atoms with Gasteiger partial charge in [0.05, 0.1) is 17.2 Å². The molecule has 0 saturated carbocycles. The number of aryl methyl sites for hydroxylation is 2. The highest BCUT2D eigenvalue weighted by Gasteiger charge is 2.09. The number of hydrogen-bond acceptors (Lipinski definition) is 4. The smallest absolute Gasteiger partial charge is 0.152 e. The van der Waals surface area contributed by atoms with Gasteiger partial charge in [-0.25, -0.2) is 4.98 Å². The van der Waals surface area contributed by atoms with Crippen molar-refractivity contribution in [3.63, 3.8) is 0 Å². The van der Waals surface area contributed by atoms with Crippen LogP contribution < -0.4 is 4.90 Å². The molecular weight excluding hydrogens is 244 g/mol. The first-order valence-electron chi connectivity index (χ1n) is 5.78. The highest BCUT2D eigenvalue weighted by Crippen LogP contribution is 2.21. The van der Waals surface area contributed by atoms with Gasteiger partial charge in [0.1, 0.15) is 0 Å². The molecule has 94 valence electrons. The maximum Gasteiger partial charge on any atom is 0.152 e. The first-order chi connectivity index (χ1) is 8.60. The lowest BCUT2D eigenvalue weighted by Crippen LogP contribution is -2.18. The van der Waals surface area contributed by atoms with E-state index >= 15 is 0 Å². The number of carbonyl (C=O) groups excluding carboxylic acids is 1. The molecule has 0 saturated heterocycles. The van der Waals surface area contributed by atoms with Crippen LogP contribution in [-0.4, -0.2) is 18.3 Å². The summed E-state index contributed by atoms with van der Waals surface area (Å²) in [6.07, 6.45) is 0.908. The second-order valence-corrected chi connectivity index (χ2v) is 5.46. The number of hydrogen-bond donors (Lipinski definition) is 0. The zero-order chi connectivity index (χ0) is 13.1. The molecule has 0 aliphatic heterocycles. The van der Waals surface area contributed by atoms with Gasteiger partial charge in [0.15, 0.2) is 6.29 Å². The molecule has 1 aromatic heterocycles. The van der Waals surface area contributed by atoms with Crippen molar-refractivity contribution in [2.45, 2.75) is 20.4 Å². The molecule has 0 unspecified atom stereocenters. The molecule has 0 aliphatic carbocycles. The summed E-state index contributed by atoms with van der Waals surface area (Å²) in [7, 11) is 1.98. The van der Waals surface area contributed by atoms with Crippen molar-refractivity contribution in [1.82, 2.24) is 4.98 Å². The number of carbonyl (C=O) groups is 1. The van der Waals surface area contributed by atoms with Crippen molar-refractivity contribution in [3.05, 3.63) is 45.4 Å². The fraction of sp³-hybridized carbons (Fsp3) is 0.286. The van der Waals surface area contributed by atoms with E-state index in [0.29, 0.717) is 6.54 Å². The average molecular weight is 260 g/mol. The van der Waals surface area contributed by atoms with Crippen LogP contribution in [0.15, 0.2) is 23.6 Å². The Morgan fingerprint density at radius 1 is 1.39 bits per heavy atom. The normalized spacial score (nSPS) is 10.4. The van der Waals surface area contributed by atoms with Gasteiger partial charge in [-0.1, -0.05) is 11.6 Å². The Balaban J connectivity index is 2.23. The van der Waals surface area contributed by atoms with E-state index in [-0.39, 0.29) is 0 Å². The number of thiazole rings is 1. The van der Waals surface area contributed by atoms with Crippen LogP contribution in [0.4, 0.5) is 5.69 Å².